The van der Waals surface area contributed by atoms with Crippen molar-refractivity contribution < 1.29 is 14.7 Å². The molecule has 1 aromatic rings. The maximum Gasteiger partial charge on any atom is 0.327 e. The number of carboxylic acid groups (broad SMARTS) is 1. The van der Waals surface area contributed by atoms with E-state index in [2.05, 4.69) is 29.4 Å². The molecule has 1 saturated heterocycles. The van der Waals surface area contributed by atoms with Crippen LogP contribution < -0.4 is 5.32 Å². The number of amides is 2. The average Bonchev–Trinajstić information content (AvgIpc) is 2.96. The second-order valence-electron chi connectivity index (χ2n) is 4.85. The second kappa shape index (κ2) is 6.40. The summed E-state index contributed by atoms with van der Waals surface area (Å²) >= 11 is 2.75. The van der Waals surface area contributed by atoms with Gasteiger partial charge < -0.3 is 10.0 Å². The van der Waals surface area contributed by atoms with Crippen LogP contribution in [0.15, 0.2) is 0 Å². The van der Waals surface area contributed by atoms with E-state index in [9.17, 15) is 9.59 Å². The van der Waals surface area contributed by atoms with E-state index in [-0.39, 0.29) is 0 Å². The summed E-state index contributed by atoms with van der Waals surface area (Å²) in [5.41, 5.74) is 0. The maximum absolute atomic E-state index is 12.0. The third-order valence-electron chi connectivity index (χ3n) is 2.69. The molecule has 0 aromatic carbocycles. The Labute approximate surface area is 124 Å². The number of carbonyl (C=O) groups excluding carboxylic acids is 1. The first-order chi connectivity index (χ1) is 9.47. The molecular weight excluding hydrogens is 300 g/mol. The van der Waals surface area contributed by atoms with Crippen LogP contribution in [0.2, 0.25) is 0 Å². The van der Waals surface area contributed by atoms with Gasteiger partial charge in [0.25, 0.3) is 0 Å². The smallest absolute Gasteiger partial charge is 0.327 e. The Balaban J connectivity index is 1.97. The fourth-order valence-corrected chi connectivity index (χ4v) is 3.83. The van der Waals surface area contributed by atoms with Crippen molar-refractivity contribution in [2.75, 3.05) is 16.9 Å². The fourth-order valence-electron chi connectivity index (χ4n) is 1.75. The number of nitrogens with one attached hydrogen (secondary N) is 1. The van der Waals surface area contributed by atoms with Crippen LogP contribution in [0.3, 0.4) is 0 Å². The second-order valence-corrected chi connectivity index (χ2v) is 6.91. The van der Waals surface area contributed by atoms with Crippen LogP contribution in [-0.4, -0.2) is 49.9 Å². The largest absolute Gasteiger partial charge is 0.480 e. The minimum atomic E-state index is -0.983. The zero-order valence-corrected chi connectivity index (χ0v) is 12.8. The summed E-state index contributed by atoms with van der Waals surface area (Å²) in [7, 11) is 0. The molecule has 0 bridgehead atoms. The zero-order valence-electron chi connectivity index (χ0n) is 11.2. The first-order valence-corrected chi connectivity index (χ1v) is 8.15. The molecule has 7 nitrogen and oxygen atoms in total. The summed E-state index contributed by atoms with van der Waals surface area (Å²) in [6.45, 7) is 4.16. The van der Waals surface area contributed by atoms with Gasteiger partial charge in [-0.05, 0) is 5.92 Å². The quantitative estimate of drug-likeness (QED) is 0.878. The number of nitrogens with zero attached hydrogens (tertiary/aromatic N) is 3. The Morgan fingerprint density at radius 2 is 2.25 bits per heavy atom. The van der Waals surface area contributed by atoms with Gasteiger partial charge in [-0.2, -0.15) is 0 Å². The number of aromatic nitrogens is 2. The molecule has 9 heteroatoms. The van der Waals surface area contributed by atoms with Crippen LogP contribution in [0, 0.1) is 5.92 Å². The van der Waals surface area contributed by atoms with E-state index < -0.39 is 18.0 Å². The number of carbonyl (C=O) groups is 2. The van der Waals surface area contributed by atoms with Gasteiger partial charge >= 0.3 is 12.0 Å². The molecule has 110 valence electrons. The van der Waals surface area contributed by atoms with Gasteiger partial charge in [0.05, 0.1) is 5.88 Å². The monoisotopic (exact) mass is 316 g/mol. The average molecular weight is 316 g/mol. The van der Waals surface area contributed by atoms with Crippen LogP contribution in [0.4, 0.5) is 9.93 Å². The number of hydrogen-bond acceptors (Lipinski definition) is 6. The van der Waals surface area contributed by atoms with E-state index in [0.29, 0.717) is 22.7 Å². The molecule has 20 heavy (non-hydrogen) atoms. The first kappa shape index (κ1) is 15.0. The van der Waals surface area contributed by atoms with Gasteiger partial charge in [-0.1, -0.05) is 25.2 Å². The lowest BCUT2D eigenvalue weighted by Gasteiger charge is -2.19. The third kappa shape index (κ3) is 3.60. The van der Waals surface area contributed by atoms with Crippen LogP contribution in [0.25, 0.3) is 0 Å². The molecule has 2 rings (SSSR count). The summed E-state index contributed by atoms with van der Waals surface area (Å²) in [4.78, 5) is 24.4. The van der Waals surface area contributed by atoms with E-state index >= 15 is 0 Å². The normalized spacial score (nSPS) is 18.6. The van der Waals surface area contributed by atoms with Crippen LogP contribution in [0.1, 0.15) is 18.9 Å². The van der Waals surface area contributed by atoms with Crippen LogP contribution in [0.5, 0.6) is 0 Å². The van der Waals surface area contributed by atoms with Crippen molar-refractivity contribution in [2.24, 2.45) is 5.92 Å². The fraction of sp³-hybridized carbons (Fsp3) is 0.636. The molecule has 0 radical (unpaired) electrons. The predicted molar refractivity (Wildman–Crippen MR) is 78.1 cm³/mol. The van der Waals surface area contributed by atoms with Gasteiger partial charge in [-0.15, -0.1) is 22.0 Å². The van der Waals surface area contributed by atoms with E-state index in [4.69, 9.17) is 5.11 Å². The molecule has 2 N–H and O–H groups in total. The molecule has 0 aliphatic carbocycles. The van der Waals surface area contributed by atoms with Crippen molar-refractivity contribution >= 4 is 40.2 Å². The highest BCUT2D eigenvalue weighted by atomic mass is 32.2. The SMILES string of the molecule is CC(C)Cc1nnc(NC(=O)N2CSCC2C(=O)O)s1. The first-order valence-electron chi connectivity index (χ1n) is 6.18. The zero-order chi connectivity index (χ0) is 14.7. The topological polar surface area (TPSA) is 95.4 Å². The Morgan fingerprint density at radius 3 is 2.90 bits per heavy atom. The summed E-state index contributed by atoms with van der Waals surface area (Å²) < 4.78 is 0. The molecule has 0 spiro atoms. The number of hydrogen-bond donors (Lipinski definition) is 2. The maximum atomic E-state index is 12.0. The summed E-state index contributed by atoms with van der Waals surface area (Å²) in [6.07, 6.45) is 0.810. The summed E-state index contributed by atoms with van der Waals surface area (Å²) in [6, 6.07) is -1.21. The van der Waals surface area contributed by atoms with Gasteiger partial charge in [-0.3, -0.25) is 5.32 Å². The highest BCUT2D eigenvalue weighted by Crippen LogP contribution is 2.23. The van der Waals surface area contributed by atoms with E-state index in [1.807, 2.05) is 0 Å². The number of anilines is 1. The Kier molecular flexibility index (Phi) is 4.81. The van der Waals surface area contributed by atoms with Crippen molar-refractivity contribution in [3.63, 3.8) is 0 Å². The standard InChI is InChI=1S/C11H16N4O3S2/c1-6(2)3-8-13-14-10(20-8)12-11(18)15-5-19-4-7(15)9(16)17/h6-7H,3-5H2,1-2H3,(H,16,17)(H,12,14,18). The number of carboxylic acids is 1. The molecular formula is C11H16N4O3S2. The Morgan fingerprint density at radius 1 is 1.50 bits per heavy atom. The van der Waals surface area contributed by atoms with Crippen molar-refractivity contribution in [1.82, 2.24) is 15.1 Å². The lowest BCUT2D eigenvalue weighted by Crippen LogP contribution is -2.43. The van der Waals surface area contributed by atoms with Crippen molar-refractivity contribution in [3.8, 4) is 0 Å². The van der Waals surface area contributed by atoms with Gasteiger partial charge in [0.2, 0.25) is 5.13 Å². The number of rotatable bonds is 4. The molecule has 1 atom stereocenters. The molecule has 1 aliphatic rings. The van der Waals surface area contributed by atoms with Crippen molar-refractivity contribution in [2.45, 2.75) is 26.3 Å². The number of urea groups is 1. The van der Waals surface area contributed by atoms with E-state index in [1.165, 1.54) is 28.0 Å². The highest BCUT2D eigenvalue weighted by molar-refractivity contribution is 7.99. The third-order valence-corrected chi connectivity index (χ3v) is 4.57. The predicted octanol–water partition coefficient (Wildman–Crippen LogP) is 1.73. The van der Waals surface area contributed by atoms with Crippen molar-refractivity contribution in [1.29, 1.82) is 0 Å². The molecule has 1 fully saturated rings. The van der Waals surface area contributed by atoms with Gasteiger partial charge in [0, 0.05) is 12.2 Å². The van der Waals surface area contributed by atoms with Gasteiger partial charge in [0.1, 0.15) is 11.0 Å². The molecule has 2 amide bonds. The highest BCUT2D eigenvalue weighted by Gasteiger charge is 2.34. The van der Waals surface area contributed by atoms with Crippen LogP contribution in [-0.2, 0) is 11.2 Å². The number of aliphatic carboxylic acids is 1. The Hall–Kier alpha value is -1.35. The Bertz CT molecular complexity index is 506. The lowest BCUT2D eigenvalue weighted by molar-refractivity contribution is -0.140. The molecule has 0 saturated carbocycles. The van der Waals surface area contributed by atoms with E-state index in [0.717, 1.165) is 11.4 Å². The van der Waals surface area contributed by atoms with Crippen LogP contribution >= 0.6 is 23.1 Å². The summed E-state index contributed by atoms with van der Waals surface area (Å²) in [5.74, 6) is 0.276. The molecule has 1 aliphatic heterocycles. The number of thioether (sulfide) groups is 1. The van der Waals surface area contributed by atoms with Crippen molar-refractivity contribution in [3.05, 3.63) is 5.01 Å². The van der Waals surface area contributed by atoms with Gasteiger partial charge in [0.15, 0.2) is 0 Å². The van der Waals surface area contributed by atoms with Gasteiger partial charge in [-0.25, -0.2) is 9.59 Å². The minimum absolute atomic E-state index is 0.375. The molecule has 1 aromatic heterocycles. The summed E-state index contributed by atoms with van der Waals surface area (Å²) in [5, 5.41) is 20.8. The molecule has 1 unspecified atom stereocenters. The minimum Gasteiger partial charge on any atom is -0.480 e. The molecule has 2 heterocycles. The lowest BCUT2D eigenvalue weighted by atomic mass is 10.1. The van der Waals surface area contributed by atoms with E-state index in [1.54, 1.807) is 0 Å².